The number of hydrogen-bond donors (Lipinski definition) is 1. The third kappa shape index (κ3) is 29.2. The van der Waals surface area contributed by atoms with E-state index >= 15 is 0 Å². The van der Waals surface area contributed by atoms with Gasteiger partial charge in [0.1, 0.15) is 11.6 Å². The van der Waals surface area contributed by atoms with Gasteiger partial charge in [0, 0.05) is 12.8 Å². The predicted octanol–water partition coefficient (Wildman–Crippen LogP) is 12.5. The fourth-order valence-corrected chi connectivity index (χ4v) is 6.51. The van der Waals surface area contributed by atoms with E-state index in [-0.39, 0.29) is 11.6 Å². The highest BCUT2D eigenvalue weighted by atomic mass is 16.4. The number of ketones is 2. The number of carboxylic acids is 1. The van der Waals surface area contributed by atoms with E-state index in [1.165, 1.54) is 103 Å². The third-order valence-corrected chi connectivity index (χ3v) is 9.67. The number of unbranched alkanes of at least 4 members (excludes halogenated alkanes) is 22. The van der Waals surface area contributed by atoms with Crippen molar-refractivity contribution in [1.82, 2.24) is 4.90 Å². The summed E-state index contributed by atoms with van der Waals surface area (Å²) in [6.07, 6.45) is 41.2. The van der Waals surface area contributed by atoms with Crippen LogP contribution in [0.2, 0.25) is 0 Å². The normalized spacial score (nSPS) is 12.6. The second-order valence-corrected chi connectivity index (χ2v) is 14.6. The number of carbonyl (C=O) groups is 3. The molecule has 0 fully saturated rings. The minimum atomic E-state index is -1.02. The van der Waals surface area contributed by atoms with Crippen LogP contribution in [0.15, 0.2) is 24.3 Å². The van der Waals surface area contributed by atoms with Gasteiger partial charge >= 0.3 is 5.97 Å². The first-order valence-corrected chi connectivity index (χ1v) is 20.6. The van der Waals surface area contributed by atoms with E-state index in [2.05, 4.69) is 38.2 Å². The van der Waals surface area contributed by atoms with Crippen molar-refractivity contribution in [3.63, 3.8) is 0 Å². The minimum Gasteiger partial charge on any atom is -0.481 e. The molecule has 0 aliphatic rings. The van der Waals surface area contributed by atoms with E-state index in [0.717, 1.165) is 64.2 Å². The zero-order chi connectivity index (χ0) is 35.5. The van der Waals surface area contributed by atoms with Crippen LogP contribution >= 0.6 is 0 Å². The average Bonchev–Trinajstić information content (AvgIpc) is 3.06. The SMILES string of the molecule is CCCCCCCC/C=C\CCCCCCCC(=O)C(C(=O)CCCCCCC/C=C\CCCCCCCC)C(CCN(C)C)C(=O)O. The number of hydrogen-bond acceptors (Lipinski definition) is 4. The number of carbonyl (C=O) groups excluding carboxylic acids is 2. The summed E-state index contributed by atoms with van der Waals surface area (Å²) in [7, 11) is 3.79. The topological polar surface area (TPSA) is 74.7 Å². The lowest BCUT2D eigenvalue weighted by atomic mass is 9.79. The second-order valence-electron chi connectivity index (χ2n) is 14.6. The number of nitrogens with zero attached hydrogens (tertiary/aromatic N) is 1. The lowest BCUT2D eigenvalue weighted by Crippen LogP contribution is -2.37. The number of Topliss-reactive ketones (excluding diaryl/α,β-unsaturated/α-hetero) is 2. The molecule has 0 amide bonds. The van der Waals surface area contributed by atoms with Crippen LogP contribution < -0.4 is 0 Å². The summed E-state index contributed by atoms with van der Waals surface area (Å²) in [6, 6.07) is 0. The Labute approximate surface area is 298 Å². The van der Waals surface area contributed by atoms with Crippen LogP contribution in [0, 0.1) is 11.8 Å². The quantitative estimate of drug-likeness (QED) is 0.0403. The summed E-state index contributed by atoms with van der Waals surface area (Å²) in [6.45, 7) is 5.06. The first-order chi connectivity index (χ1) is 23.3. The molecule has 5 nitrogen and oxygen atoms in total. The Morgan fingerprint density at radius 3 is 1.12 bits per heavy atom. The Hall–Kier alpha value is -1.75. The average molecular weight is 674 g/mol. The molecule has 0 aliphatic heterocycles. The molecule has 48 heavy (non-hydrogen) atoms. The molecule has 0 saturated heterocycles. The van der Waals surface area contributed by atoms with E-state index in [4.69, 9.17) is 0 Å². The van der Waals surface area contributed by atoms with Crippen molar-refractivity contribution < 1.29 is 19.5 Å². The maximum Gasteiger partial charge on any atom is 0.307 e. The van der Waals surface area contributed by atoms with Crippen molar-refractivity contribution in [3.05, 3.63) is 24.3 Å². The van der Waals surface area contributed by atoms with Crippen molar-refractivity contribution in [3.8, 4) is 0 Å². The van der Waals surface area contributed by atoms with Crippen molar-refractivity contribution in [1.29, 1.82) is 0 Å². The lowest BCUT2D eigenvalue weighted by molar-refractivity contribution is -0.151. The lowest BCUT2D eigenvalue weighted by Gasteiger charge is -2.23. The minimum absolute atomic E-state index is 0.156. The van der Waals surface area contributed by atoms with Gasteiger partial charge in [0.05, 0.1) is 11.8 Å². The summed E-state index contributed by atoms with van der Waals surface area (Å²) < 4.78 is 0. The summed E-state index contributed by atoms with van der Waals surface area (Å²) in [4.78, 5) is 40.9. The van der Waals surface area contributed by atoms with Gasteiger partial charge in [0.25, 0.3) is 0 Å². The molecule has 0 saturated carbocycles. The van der Waals surface area contributed by atoms with Crippen molar-refractivity contribution in [2.45, 2.75) is 200 Å². The summed E-state index contributed by atoms with van der Waals surface area (Å²) >= 11 is 0. The fraction of sp³-hybridized carbons (Fsp3) is 0.837. The van der Waals surface area contributed by atoms with Crippen LogP contribution in [0.1, 0.15) is 200 Å². The summed E-state index contributed by atoms with van der Waals surface area (Å²) in [5.74, 6) is -3.26. The Morgan fingerprint density at radius 2 is 0.812 bits per heavy atom. The van der Waals surface area contributed by atoms with Crippen LogP contribution in [0.5, 0.6) is 0 Å². The summed E-state index contributed by atoms with van der Waals surface area (Å²) in [5, 5.41) is 10.0. The molecular formula is C43H79NO4. The van der Waals surface area contributed by atoms with Crippen LogP contribution in [0.4, 0.5) is 0 Å². The van der Waals surface area contributed by atoms with Gasteiger partial charge in [0.2, 0.25) is 0 Å². The van der Waals surface area contributed by atoms with Crippen molar-refractivity contribution in [2.75, 3.05) is 20.6 Å². The molecule has 0 radical (unpaired) electrons. The van der Waals surface area contributed by atoms with E-state index in [9.17, 15) is 19.5 Å². The molecule has 5 heteroatoms. The van der Waals surface area contributed by atoms with Crippen LogP contribution in [0.3, 0.4) is 0 Å². The number of rotatable bonds is 37. The first kappa shape index (κ1) is 46.2. The molecular weight excluding hydrogens is 594 g/mol. The molecule has 280 valence electrons. The number of carboxylic acid groups (broad SMARTS) is 1. The largest absolute Gasteiger partial charge is 0.481 e. The maximum atomic E-state index is 13.4. The van der Waals surface area contributed by atoms with Gasteiger partial charge in [-0.05, 0) is 91.3 Å². The van der Waals surface area contributed by atoms with Gasteiger partial charge in [-0.25, -0.2) is 0 Å². The Balaban J connectivity index is 4.40. The smallest absolute Gasteiger partial charge is 0.307 e. The van der Waals surface area contributed by atoms with Crippen molar-refractivity contribution >= 4 is 17.5 Å². The Bertz CT molecular complexity index is 766. The van der Waals surface area contributed by atoms with Crippen LogP contribution in [-0.4, -0.2) is 48.2 Å². The molecule has 0 rings (SSSR count). The highest BCUT2D eigenvalue weighted by Gasteiger charge is 2.37. The van der Waals surface area contributed by atoms with E-state index in [0.29, 0.717) is 25.8 Å². The number of aliphatic carboxylic acids is 1. The number of allylic oxidation sites excluding steroid dienone is 4. The molecule has 0 aromatic rings. The van der Waals surface area contributed by atoms with Gasteiger partial charge < -0.3 is 10.0 Å². The molecule has 1 atom stereocenters. The van der Waals surface area contributed by atoms with Gasteiger partial charge in [-0.3, -0.25) is 14.4 Å². The predicted molar refractivity (Wildman–Crippen MR) is 207 cm³/mol. The maximum absolute atomic E-state index is 13.4. The molecule has 0 aromatic carbocycles. The molecule has 0 bridgehead atoms. The Kier molecular flexibility index (Phi) is 33.8. The van der Waals surface area contributed by atoms with Gasteiger partial charge in [-0.1, -0.05) is 141 Å². The molecule has 0 aliphatic carbocycles. The van der Waals surface area contributed by atoms with E-state index in [1.807, 2.05) is 19.0 Å². The Morgan fingerprint density at radius 1 is 0.500 bits per heavy atom. The fourth-order valence-electron chi connectivity index (χ4n) is 6.51. The monoisotopic (exact) mass is 674 g/mol. The highest BCUT2D eigenvalue weighted by molar-refractivity contribution is 6.05. The van der Waals surface area contributed by atoms with E-state index in [1.54, 1.807) is 0 Å². The third-order valence-electron chi connectivity index (χ3n) is 9.67. The first-order valence-electron chi connectivity index (χ1n) is 20.6. The van der Waals surface area contributed by atoms with Gasteiger partial charge in [-0.15, -0.1) is 0 Å². The highest BCUT2D eigenvalue weighted by Crippen LogP contribution is 2.25. The molecule has 0 spiro atoms. The standard InChI is InChI=1S/C43H79NO4/c1-5-7-9-11-13-15-17-19-21-23-25-27-29-31-33-35-40(45)42(39(43(47)48)37-38-44(3)4)41(46)36-34-32-30-28-26-24-22-20-18-16-14-12-10-8-6-2/h19-22,39,42H,5-18,23-38H2,1-4H3,(H,47,48)/b21-19-,22-20-. The van der Waals surface area contributed by atoms with Crippen LogP contribution in [-0.2, 0) is 14.4 Å². The van der Waals surface area contributed by atoms with Gasteiger partial charge in [0.15, 0.2) is 0 Å². The summed E-state index contributed by atoms with van der Waals surface area (Å²) in [5.41, 5.74) is 0. The molecule has 0 heterocycles. The van der Waals surface area contributed by atoms with E-state index < -0.39 is 17.8 Å². The van der Waals surface area contributed by atoms with Crippen LogP contribution in [0.25, 0.3) is 0 Å². The molecule has 0 aromatic heterocycles. The zero-order valence-electron chi connectivity index (χ0n) is 32.3. The zero-order valence-corrected chi connectivity index (χ0v) is 32.3. The van der Waals surface area contributed by atoms with Crippen molar-refractivity contribution in [2.24, 2.45) is 11.8 Å². The molecule has 1 N–H and O–H groups in total. The van der Waals surface area contributed by atoms with Gasteiger partial charge in [-0.2, -0.15) is 0 Å². The second kappa shape index (κ2) is 35.1. The molecule has 1 unspecified atom stereocenters.